The average molecular weight is 559 g/mol. The van der Waals surface area contributed by atoms with Gasteiger partial charge in [0, 0.05) is 13.0 Å². The van der Waals surface area contributed by atoms with Gasteiger partial charge in [-0.15, -0.1) is 0 Å². The highest BCUT2D eigenvalue weighted by atomic mass is 16.7. The number of imidazole rings is 1. The molecule has 3 heterocycles. The number of nitrogens with two attached hydrogens (primary N) is 1. The first-order valence-corrected chi connectivity index (χ1v) is 13.8. The highest BCUT2D eigenvalue weighted by Crippen LogP contribution is 2.33. The van der Waals surface area contributed by atoms with Crippen molar-refractivity contribution < 1.29 is 34.0 Å². The van der Waals surface area contributed by atoms with Gasteiger partial charge in [-0.1, -0.05) is 19.8 Å². The van der Waals surface area contributed by atoms with Crippen LogP contribution < -0.4 is 11.1 Å². The van der Waals surface area contributed by atoms with Gasteiger partial charge in [0.1, 0.15) is 17.7 Å². The van der Waals surface area contributed by atoms with Crippen LogP contribution in [0.25, 0.3) is 11.2 Å². The number of aliphatic hydroxyl groups is 2. The number of nitrogen functional groups attached to an aromatic ring is 1. The van der Waals surface area contributed by atoms with Crippen LogP contribution in [0.5, 0.6) is 0 Å². The molecular formula is C27H38N6O7. The molecule has 0 aromatic carbocycles. The fourth-order valence-corrected chi connectivity index (χ4v) is 4.90. The number of ether oxygens (including phenoxy) is 3. The van der Waals surface area contributed by atoms with Crippen LogP contribution in [0.3, 0.4) is 0 Å². The van der Waals surface area contributed by atoms with Crippen molar-refractivity contribution in [3.63, 3.8) is 0 Å². The Labute approximate surface area is 232 Å². The highest BCUT2D eigenvalue weighted by Gasteiger charge is 2.47. The Kier molecular flexibility index (Phi) is 9.78. The van der Waals surface area contributed by atoms with Crippen LogP contribution in [0.15, 0.2) is 6.33 Å². The smallest absolute Gasteiger partial charge is 0.434 e. The second kappa shape index (κ2) is 13.3. The third-order valence-electron chi connectivity index (χ3n) is 7.10. The predicted molar refractivity (Wildman–Crippen MR) is 143 cm³/mol. The van der Waals surface area contributed by atoms with Crippen LogP contribution in [0.1, 0.15) is 64.9 Å². The predicted octanol–water partition coefficient (Wildman–Crippen LogP) is 1.52. The summed E-state index contributed by atoms with van der Waals surface area (Å²) in [6.45, 7) is 6.77. The molecule has 1 saturated heterocycles. The number of hydrogen-bond donors (Lipinski definition) is 4. The Morgan fingerprint density at radius 1 is 1.18 bits per heavy atom. The molecule has 1 aliphatic carbocycles. The van der Waals surface area contributed by atoms with Crippen molar-refractivity contribution >= 4 is 29.0 Å². The lowest BCUT2D eigenvalue weighted by Crippen LogP contribution is -2.42. The van der Waals surface area contributed by atoms with Crippen molar-refractivity contribution in [3.05, 3.63) is 12.2 Å². The minimum Gasteiger partial charge on any atom is -0.434 e. The molecule has 0 bridgehead atoms. The van der Waals surface area contributed by atoms with Gasteiger partial charge in [0.2, 0.25) is 5.82 Å². The number of carbonyl (C=O) groups excluding carboxylic acids is 2. The highest BCUT2D eigenvalue weighted by molar-refractivity contribution is 5.83. The van der Waals surface area contributed by atoms with Crippen molar-refractivity contribution in [1.29, 1.82) is 0 Å². The van der Waals surface area contributed by atoms with Gasteiger partial charge in [-0.05, 0) is 56.3 Å². The first kappa shape index (κ1) is 29.5. The second-order valence-corrected chi connectivity index (χ2v) is 10.7. The summed E-state index contributed by atoms with van der Waals surface area (Å²) >= 11 is 0. The number of aliphatic hydroxyl groups excluding tert-OH is 2. The van der Waals surface area contributed by atoms with Crippen LogP contribution >= 0.6 is 0 Å². The van der Waals surface area contributed by atoms with Crippen LogP contribution in [-0.4, -0.2) is 79.9 Å². The maximum absolute atomic E-state index is 12.2. The molecule has 1 unspecified atom stereocenters. The van der Waals surface area contributed by atoms with E-state index in [1.165, 1.54) is 10.9 Å². The van der Waals surface area contributed by atoms with Crippen LogP contribution in [0, 0.1) is 29.6 Å². The number of likely N-dealkylation sites (N-methyl/N-ethyl adjacent to an activating group) is 1. The Bertz CT molecular complexity index is 1250. The SMILES string of the molecule is CCNC(=O)[C@H]1O[C@@H](n2cnc3c(N)nc(C#CCC4CCC(COC(=O)OCC(C)C)CC4)nc32)[C@@H](O)C1O. The Hall–Kier alpha value is -3.47. The zero-order chi connectivity index (χ0) is 28.8. The van der Waals surface area contributed by atoms with Gasteiger partial charge in [0.15, 0.2) is 23.8 Å². The molecule has 0 radical (unpaired) electrons. The summed E-state index contributed by atoms with van der Waals surface area (Å²) in [4.78, 5) is 36.9. The van der Waals surface area contributed by atoms with Gasteiger partial charge in [0.05, 0.1) is 19.5 Å². The zero-order valence-corrected chi connectivity index (χ0v) is 23.1. The third-order valence-corrected chi connectivity index (χ3v) is 7.10. The molecule has 13 heteroatoms. The van der Waals surface area contributed by atoms with E-state index in [0.29, 0.717) is 43.5 Å². The normalized spacial score (nSPS) is 26.4. The molecule has 1 saturated carbocycles. The molecule has 2 aromatic heterocycles. The van der Waals surface area contributed by atoms with Gasteiger partial charge in [-0.25, -0.2) is 19.7 Å². The molecule has 5 N–H and O–H groups in total. The molecule has 2 fully saturated rings. The number of nitrogens with zero attached hydrogens (tertiary/aromatic N) is 4. The number of hydrogen-bond acceptors (Lipinski definition) is 11. The largest absolute Gasteiger partial charge is 0.508 e. The van der Waals surface area contributed by atoms with E-state index in [4.69, 9.17) is 19.9 Å². The van der Waals surface area contributed by atoms with Crippen LogP contribution in [0.4, 0.5) is 10.6 Å². The average Bonchev–Trinajstić information content (AvgIpc) is 3.48. The Morgan fingerprint density at radius 3 is 2.60 bits per heavy atom. The maximum atomic E-state index is 12.2. The lowest BCUT2D eigenvalue weighted by molar-refractivity contribution is -0.137. The molecule has 0 spiro atoms. The van der Waals surface area contributed by atoms with Crippen molar-refractivity contribution in [2.75, 3.05) is 25.5 Å². The number of fused-ring (bicyclic) bond motifs is 1. The minimum absolute atomic E-state index is 0.119. The molecular weight excluding hydrogens is 520 g/mol. The minimum atomic E-state index is -1.42. The monoisotopic (exact) mass is 558 g/mol. The van der Waals surface area contributed by atoms with E-state index in [0.717, 1.165) is 25.7 Å². The van der Waals surface area contributed by atoms with Crippen molar-refractivity contribution in [1.82, 2.24) is 24.8 Å². The summed E-state index contributed by atoms with van der Waals surface area (Å²) in [6, 6.07) is 0. The topological polar surface area (TPSA) is 184 Å². The first-order chi connectivity index (χ1) is 19.2. The van der Waals surface area contributed by atoms with Gasteiger partial charge < -0.3 is 35.5 Å². The molecule has 13 nitrogen and oxygen atoms in total. The lowest BCUT2D eigenvalue weighted by atomic mass is 9.81. The van der Waals surface area contributed by atoms with E-state index in [1.807, 2.05) is 13.8 Å². The quantitative estimate of drug-likeness (QED) is 0.272. The third kappa shape index (κ3) is 6.99. The molecule has 1 aliphatic heterocycles. The first-order valence-electron chi connectivity index (χ1n) is 13.8. The van der Waals surface area contributed by atoms with Crippen molar-refractivity contribution in [2.45, 2.75) is 77.4 Å². The van der Waals surface area contributed by atoms with E-state index >= 15 is 0 Å². The summed E-state index contributed by atoms with van der Waals surface area (Å²) in [5.41, 5.74) is 6.68. The number of amides is 1. The van der Waals surface area contributed by atoms with E-state index in [9.17, 15) is 19.8 Å². The molecule has 2 aromatic rings. The van der Waals surface area contributed by atoms with E-state index in [2.05, 4.69) is 32.1 Å². The summed E-state index contributed by atoms with van der Waals surface area (Å²) in [6.07, 6.45) is 0.136. The molecule has 218 valence electrons. The Balaban J connectivity index is 1.35. The van der Waals surface area contributed by atoms with Gasteiger partial charge >= 0.3 is 6.16 Å². The fourth-order valence-electron chi connectivity index (χ4n) is 4.90. The standard InChI is InChI=1S/C27H38N6O7/c1-4-29-25(36)22-20(34)21(35)26(40-22)33-14-30-19-23(28)31-18(32-24(19)33)7-5-6-16-8-10-17(11-9-16)13-39-27(37)38-12-15(2)3/h14-17,20-22,26,34-35H,4,6,8-13H2,1-3H3,(H,29,36)(H2,28,31,32)/t16?,17?,20?,21-,22-,26+/m0/s1. The molecule has 1 amide bonds. The number of anilines is 1. The van der Waals surface area contributed by atoms with Gasteiger partial charge in [-0.2, -0.15) is 0 Å². The number of aromatic nitrogens is 4. The van der Waals surface area contributed by atoms with E-state index in [1.54, 1.807) is 6.92 Å². The van der Waals surface area contributed by atoms with E-state index < -0.39 is 36.6 Å². The number of nitrogens with one attached hydrogen (secondary N) is 1. The summed E-state index contributed by atoms with van der Waals surface area (Å²) in [5.74, 6) is 6.92. The fraction of sp³-hybridized carbons (Fsp3) is 0.667. The summed E-state index contributed by atoms with van der Waals surface area (Å²) in [5, 5.41) is 23.5. The maximum Gasteiger partial charge on any atom is 0.508 e. The molecule has 40 heavy (non-hydrogen) atoms. The molecule has 2 aliphatic rings. The molecule has 4 atom stereocenters. The summed E-state index contributed by atoms with van der Waals surface area (Å²) in [7, 11) is 0. The number of rotatable bonds is 8. The van der Waals surface area contributed by atoms with Gasteiger partial charge in [0.25, 0.3) is 5.91 Å². The zero-order valence-electron chi connectivity index (χ0n) is 23.1. The van der Waals surface area contributed by atoms with Crippen LogP contribution in [0.2, 0.25) is 0 Å². The second-order valence-electron chi connectivity index (χ2n) is 10.7. The van der Waals surface area contributed by atoms with Crippen molar-refractivity contribution in [2.24, 2.45) is 17.8 Å². The van der Waals surface area contributed by atoms with Crippen LogP contribution in [-0.2, 0) is 19.0 Å². The lowest BCUT2D eigenvalue weighted by Gasteiger charge is -2.26. The Morgan fingerprint density at radius 2 is 1.90 bits per heavy atom. The summed E-state index contributed by atoms with van der Waals surface area (Å²) < 4.78 is 17.4. The van der Waals surface area contributed by atoms with Gasteiger partial charge in [-0.3, -0.25) is 9.36 Å². The van der Waals surface area contributed by atoms with Crippen molar-refractivity contribution in [3.8, 4) is 11.8 Å². The van der Waals surface area contributed by atoms with E-state index in [-0.39, 0.29) is 23.2 Å². The molecule has 4 rings (SSSR count). The number of carbonyl (C=O) groups is 2.